The van der Waals surface area contributed by atoms with Crippen LogP contribution in [0.3, 0.4) is 0 Å². The number of nitrogens with zero attached hydrogens (tertiary/aromatic N) is 1. The molecule has 0 saturated carbocycles. The first-order valence-electron chi connectivity index (χ1n) is 9.96. The number of hydrogen-bond acceptors (Lipinski definition) is 6. The van der Waals surface area contributed by atoms with Crippen molar-refractivity contribution in [3.05, 3.63) is 101 Å². The highest BCUT2D eigenvalue weighted by molar-refractivity contribution is 7.99. The molecule has 1 heterocycles. The Morgan fingerprint density at radius 3 is 2.30 bits per heavy atom. The number of oxazole rings is 1. The van der Waals surface area contributed by atoms with Crippen LogP contribution in [-0.2, 0) is 4.79 Å². The molecule has 0 unspecified atom stereocenters. The minimum atomic E-state index is -0.345. The molecule has 6 nitrogen and oxygen atoms in total. The summed E-state index contributed by atoms with van der Waals surface area (Å²) in [5, 5.41) is 3.03. The van der Waals surface area contributed by atoms with Gasteiger partial charge in [-0.3, -0.25) is 14.4 Å². The first kappa shape index (κ1) is 20.8. The Labute approximate surface area is 191 Å². The average Bonchev–Trinajstić information content (AvgIpc) is 3.31. The number of benzene rings is 3. The van der Waals surface area contributed by atoms with Crippen LogP contribution >= 0.6 is 11.8 Å². The fourth-order valence-electron chi connectivity index (χ4n) is 3.57. The maximum Gasteiger partial charge on any atom is 0.256 e. The van der Waals surface area contributed by atoms with Gasteiger partial charge in [-0.15, -0.1) is 0 Å². The Balaban J connectivity index is 1.25. The molecule has 0 atom stereocenters. The van der Waals surface area contributed by atoms with E-state index in [1.165, 1.54) is 24.4 Å². The zero-order chi connectivity index (χ0) is 22.9. The second-order valence-electron chi connectivity index (χ2n) is 7.30. The lowest BCUT2D eigenvalue weighted by atomic mass is 9.84. The van der Waals surface area contributed by atoms with Crippen LogP contribution in [0.15, 0.2) is 82.6 Å². The monoisotopic (exact) mass is 458 g/mol. The van der Waals surface area contributed by atoms with E-state index < -0.39 is 0 Å². The Hall–Kier alpha value is -4.04. The van der Waals surface area contributed by atoms with Crippen molar-refractivity contribution >= 4 is 34.9 Å². The van der Waals surface area contributed by atoms with Gasteiger partial charge in [0.05, 0.1) is 11.9 Å². The number of halogens is 1. The molecule has 1 aromatic heterocycles. The number of fused-ring (bicyclic) bond motifs is 2. The first-order valence-corrected chi connectivity index (χ1v) is 10.9. The second-order valence-corrected chi connectivity index (χ2v) is 8.22. The molecule has 1 aliphatic carbocycles. The topological polar surface area (TPSA) is 89.3 Å². The predicted octanol–water partition coefficient (Wildman–Crippen LogP) is 4.99. The molecule has 0 spiro atoms. The average molecular weight is 458 g/mol. The van der Waals surface area contributed by atoms with Gasteiger partial charge in [0.25, 0.3) is 5.22 Å². The summed E-state index contributed by atoms with van der Waals surface area (Å²) in [5.41, 5.74) is 2.42. The number of hydrogen-bond donors (Lipinski definition) is 1. The van der Waals surface area contributed by atoms with Gasteiger partial charge in [-0.05, 0) is 42.5 Å². The Morgan fingerprint density at radius 2 is 1.58 bits per heavy atom. The molecule has 0 aliphatic heterocycles. The lowest BCUT2D eigenvalue weighted by Gasteiger charge is -2.18. The van der Waals surface area contributed by atoms with Crippen LogP contribution in [-0.4, -0.2) is 28.2 Å². The van der Waals surface area contributed by atoms with Crippen molar-refractivity contribution in [2.24, 2.45) is 0 Å². The molecule has 1 amide bonds. The van der Waals surface area contributed by atoms with Gasteiger partial charge in [-0.25, -0.2) is 9.37 Å². The Morgan fingerprint density at radius 1 is 0.909 bits per heavy atom. The minimum Gasteiger partial charge on any atom is -0.431 e. The van der Waals surface area contributed by atoms with Gasteiger partial charge < -0.3 is 9.73 Å². The summed E-state index contributed by atoms with van der Waals surface area (Å²) in [6.07, 6.45) is 1.51. The van der Waals surface area contributed by atoms with Crippen LogP contribution in [0.25, 0.3) is 11.3 Å². The molecule has 4 aromatic rings. The van der Waals surface area contributed by atoms with Crippen LogP contribution in [0.1, 0.15) is 31.8 Å². The zero-order valence-corrected chi connectivity index (χ0v) is 17.8. The lowest BCUT2D eigenvalue weighted by molar-refractivity contribution is -0.113. The first-order chi connectivity index (χ1) is 16.0. The van der Waals surface area contributed by atoms with Crippen LogP contribution in [0.2, 0.25) is 0 Å². The van der Waals surface area contributed by atoms with Crippen molar-refractivity contribution in [2.45, 2.75) is 5.22 Å². The number of aromatic nitrogens is 1. The molecule has 1 N–H and O–H groups in total. The molecule has 1 aliphatic rings. The summed E-state index contributed by atoms with van der Waals surface area (Å²) in [4.78, 5) is 42.1. The van der Waals surface area contributed by atoms with E-state index in [1.54, 1.807) is 48.5 Å². The van der Waals surface area contributed by atoms with Crippen molar-refractivity contribution in [1.82, 2.24) is 4.98 Å². The maximum absolute atomic E-state index is 13.1. The number of carbonyl (C=O) groups excluding carboxylic acids is 3. The normalized spacial score (nSPS) is 12.3. The van der Waals surface area contributed by atoms with Gasteiger partial charge in [0.15, 0.2) is 17.3 Å². The molecule has 8 heteroatoms. The van der Waals surface area contributed by atoms with Gasteiger partial charge in [0, 0.05) is 33.5 Å². The predicted molar refractivity (Wildman–Crippen MR) is 121 cm³/mol. The van der Waals surface area contributed by atoms with E-state index in [1.807, 2.05) is 0 Å². The summed E-state index contributed by atoms with van der Waals surface area (Å²) in [7, 11) is 0. The van der Waals surface area contributed by atoms with Gasteiger partial charge in [0.2, 0.25) is 5.91 Å². The van der Waals surface area contributed by atoms with Crippen LogP contribution in [0, 0.1) is 5.82 Å². The van der Waals surface area contributed by atoms with Crippen molar-refractivity contribution < 1.29 is 23.2 Å². The summed E-state index contributed by atoms with van der Waals surface area (Å²) in [5.74, 6) is -0.640. The van der Waals surface area contributed by atoms with E-state index in [0.717, 1.165) is 11.8 Å². The van der Waals surface area contributed by atoms with Gasteiger partial charge >= 0.3 is 0 Å². The van der Waals surface area contributed by atoms with E-state index in [2.05, 4.69) is 10.3 Å². The Bertz CT molecular complexity index is 1410. The molecule has 5 rings (SSSR count). The third-order valence-electron chi connectivity index (χ3n) is 5.15. The number of carbonyl (C=O) groups is 3. The molecule has 162 valence electrons. The van der Waals surface area contributed by atoms with Crippen LogP contribution in [0.4, 0.5) is 10.1 Å². The highest BCUT2D eigenvalue weighted by atomic mass is 32.2. The molecule has 0 radical (unpaired) electrons. The van der Waals surface area contributed by atoms with Crippen LogP contribution in [0.5, 0.6) is 0 Å². The smallest absolute Gasteiger partial charge is 0.256 e. The molecule has 0 bridgehead atoms. The number of amides is 1. The molecule has 0 fully saturated rings. The van der Waals surface area contributed by atoms with Gasteiger partial charge in [-0.1, -0.05) is 36.0 Å². The van der Waals surface area contributed by atoms with Crippen LogP contribution < -0.4 is 5.32 Å². The molecule has 3 aromatic carbocycles. The lowest BCUT2D eigenvalue weighted by Crippen LogP contribution is -2.21. The third-order valence-corrected chi connectivity index (χ3v) is 5.99. The van der Waals surface area contributed by atoms with E-state index in [9.17, 15) is 18.8 Å². The fourth-order valence-corrected chi connectivity index (χ4v) is 4.18. The molecular weight excluding hydrogens is 443 g/mol. The summed E-state index contributed by atoms with van der Waals surface area (Å²) >= 11 is 1.10. The highest BCUT2D eigenvalue weighted by Gasteiger charge is 2.29. The Kier molecular flexibility index (Phi) is 5.35. The van der Waals surface area contributed by atoms with E-state index >= 15 is 0 Å². The molecule has 0 saturated heterocycles. The zero-order valence-electron chi connectivity index (χ0n) is 17.0. The van der Waals surface area contributed by atoms with E-state index in [4.69, 9.17) is 4.42 Å². The SMILES string of the molecule is O=C(CSc1ncc(-c2ccc(F)cc2)o1)Nc1ccc2c(c1)C(=O)c1ccccc1C2=O. The fraction of sp³-hybridized carbons (Fsp3) is 0.0400. The standard InChI is InChI=1S/C25H15FN2O4S/c26-15-7-5-14(6-8-15)21-12-27-25(32-21)33-13-22(29)28-16-9-10-19-20(11-16)24(31)18-4-2-1-3-17(18)23(19)30/h1-12H,13H2,(H,28,29). The van der Waals surface area contributed by atoms with E-state index in [-0.39, 0.29) is 34.6 Å². The minimum absolute atomic E-state index is 0.0240. The number of ketones is 2. The summed E-state index contributed by atoms with van der Waals surface area (Å²) in [6.45, 7) is 0. The third kappa shape index (κ3) is 4.08. The van der Waals surface area contributed by atoms with Crippen molar-refractivity contribution in [2.75, 3.05) is 11.1 Å². The highest BCUT2D eigenvalue weighted by Crippen LogP contribution is 2.30. The number of rotatable bonds is 5. The summed E-state index contributed by atoms with van der Waals surface area (Å²) in [6, 6.07) is 17.2. The second kappa shape index (κ2) is 8.48. The molecule has 33 heavy (non-hydrogen) atoms. The molecular formula is C25H15FN2O4S. The van der Waals surface area contributed by atoms with E-state index in [0.29, 0.717) is 38.9 Å². The summed E-state index contributed by atoms with van der Waals surface area (Å²) < 4.78 is 18.7. The number of anilines is 1. The van der Waals surface area contributed by atoms with Gasteiger partial charge in [-0.2, -0.15) is 0 Å². The van der Waals surface area contributed by atoms with Crippen molar-refractivity contribution in [3.8, 4) is 11.3 Å². The van der Waals surface area contributed by atoms with Gasteiger partial charge in [0.1, 0.15) is 5.82 Å². The van der Waals surface area contributed by atoms with Crippen molar-refractivity contribution in [3.63, 3.8) is 0 Å². The maximum atomic E-state index is 13.1. The number of thioether (sulfide) groups is 1. The van der Waals surface area contributed by atoms with Crippen molar-refractivity contribution in [1.29, 1.82) is 0 Å². The number of nitrogens with one attached hydrogen (secondary N) is 1. The quantitative estimate of drug-likeness (QED) is 0.374. The largest absolute Gasteiger partial charge is 0.431 e.